The van der Waals surface area contributed by atoms with Crippen LogP contribution in [0.3, 0.4) is 0 Å². The van der Waals surface area contributed by atoms with E-state index in [2.05, 4.69) is 0 Å². The quantitative estimate of drug-likeness (QED) is 0.532. The standard InChI is InChI=1S/C6H7NO3/c1-4-2-3-5(8)7(4)6(9)10/h2-4H,1H3,(H,9,10). The molecular weight excluding hydrogens is 134 g/mol. The minimum Gasteiger partial charge on any atom is -0.465 e. The van der Waals surface area contributed by atoms with E-state index >= 15 is 0 Å². The number of rotatable bonds is 0. The summed E-state index contributed by atoms with van der Waals surface area (Å²) < 4.78 is 0. The van der Waals surface area contributed by atoms with Gasteiger partial charge < -0.3 is 5.11 Å². The van der Waals surface area contributed by atoms with Crippen molar-refractivity contribution in [3.8, 4) is 0 Å². The van der Waals surface area contributed by atoms with Crippen LogP contribution in [0.1, 0.15) is 6.92 Å². The van der Waals surface area contributed by atoms with E-state index in [9.17, 15) is 9.59 Å². The van der Waals surface area contributed by atoms with E-state index < -0.39 is 12.0 Å². The molecule has 0 aliphatic carbocycles. The van der Waals surface area contributed by atoms with Gasteiger partial charge in [-0.1, -0.05) is 6.08 Å². The van der Waals surface area contributed by atoms with Crippen molar-refractivity contribution >= 4 is 12.0 Å². The Labute approximate surface area is 57.7 Å². The lowest BCUT2D eigenvalue weighted by Gasteiger charge is -2.13. The highest BCUT2D eigenvalue weighted by atomic mass is 16.4. The van der Waals surface area contributed by atoms with E-state index in [-0.39, 0.29) is 6.04 Å². The molecule has 4 nitrogen and oxygen atoms in total. The fraction of sp³-hybridized carbons (Fsp3) is 0.333. The van der Waals surface area contributed by atoms with Crippen LogP contribution in [-0.2, 0) is 4.79 Å². The third kappa shape index (κ3) is 0.877. The van der Waals surface area contributed by atoms with Crippen molar-refractivity contribution in [2.75, 3.05) is 0 Å². The highest BCUT2D eigenvalue weighted by molar-refractivity contribution is 6.00. The molecule has 1 unspecified atom stereocenters. The van der Waals surface area contributed by atoms with Gasteiger partial charge in [0, 0.05) is 6.08 Å². The van der Waals surface area contributed by atoms with Crippen LogP contribution in [0.15, 0.2) is 12.2 Å². The number of nitrogens with zero attached hydrogens (tertiary/aromatic N) is 1. The molecule has 0 saturated carbocycles. The van der Waals surface area contributed by atoms with Gasteiger partial charge in [0.05, 0.1) is 6.04 Å². The van der Waals surface area contributed by atoms with E-state index in [1.807, 2.05) is 0 Å². The Hall–Kier alpha value is -1.32. The summed E-state index contributed by atoms with van der Waals surface area (Å²) in [7, 11) is 0. The largest absolute Gasteiger partial charge is 0.465 e. The number of hydrogen-bond donors (Lipinski definition) is 1. The van der Waals surface area contributed by atoms with Gasteiger partial charge in [-0.25, -0.2) is 9.69 Å². The maximum Gasteiger partial charge on any atom is 0.414 e. The molecule has 1 heterocycles. The van der Waals surface area contributed by atoms with Crippen molar-refractivity contribution < 1.29 is 14.7 Å². The Morgan fingerprint density at radius 2 is 2.40 bits per heavy atom. The molecule has 0 saturated heterocycles. The predicted molar refractivity (Wildman–Crippen MR) is 33.5 cm³/mol. The SMILES string of the molecule is CC1C=CC(=O)N1C(=O)O. The van der Waals surface area contributed by atoms with E-state index in [4.69, 9.17) is 5.11 Å². The highest BCUT2D eigenvalue weighted by Crippen LogP contribution is 2.09. The molecule has 2 amide bonds. The van der Waals surface area contributed by atoms with E-state index in [1.165, 1.54) is 6.08 Å². The molecule has 10 heavy (non-hydrogen) atoms. The van der Waals surface area contributed by atoms with E-state index in [1.54, 1.807) is 13.0 Å². The minimum atomic E-state index is -1.19. The first-order valence-electron chi connectivity index (χ1n) is 2.87. The lowest BCUT2D eigenvalue weighted by atomic mass is 10.3. The molecule has 0 aromatic rings. The van der Waals surface area contributed by atoms with Crippen LogP contribution in [0.25, 0.3) is 0 Å². The Morgan fingerprint density at radius 1 is 1.80 bits per heavy atom. The fourth-order valence-corrected chi connectivity index (χ4v) is 0.857. The number of carbonyl (C=O) groups excluding carboxylic acids is 1. The molecule has 1 aliphatic rings. The van der Waals surface area contributed by atoms with Crippen LogP contribution >= 0.6 is 0 Å². The summed E-state index contributed by atoms with van der Waals surface area (Å²) in [4.78, 5) is 21.7. The predicted octanol–water partition coefficient (Wildman–Crippen LogP) is 0.451. The summed E-state index contributed by atoms with van der Waals surface area (Å²) in [6, 6.07) is -0.315. The van der Waals surface area contributed by atoms with Crippen LogP contribution in [-0.4, -0.2) is 28.0 Å². The first-order valence-corrected chi connectivity index (χ1v) is 2.87. The molecule has 0 bridgehead atoms. The summed E-state index contributed by atoms with van der Waals surface area (Å²) in [6.07, 6.45) is 1.62. The van der Waals surface area contributed by atoms with Crippen molar-refractivity contribution in [1.82, 2.24) is 4.90 Å². The average Bonchev–Trinajstić information content (AvgIpc) is 2.11. The topological polar surface area (TPSA) is 57.6 Å². The molecule has 1 atom stereocenters. The van der Waals surface area contributed by atoms with E-state index in [0.29, 0.717) is 0 Å². The molecule has 1 N–H and O–H groups in total. The second-order valence-electron chi connectivity index (χ2n) is 2.09. The van der Waals surface area contributed by atoms with Gasteiger partial charge in [0.2, 0.25) is 0 Å². The third-order valence-electron chi connectivity index (χ3n) is 1.37. The molecule has 54 valence electrons. The molecular formula is C6H7NO3. The lowest BCUT2D eigenvalue weighted by molar-refractivity contribution is -0.123. The smallest absolute Gasteiger partial charge is 0.414 e. The van der Waals surface area contributed by atoms with Gasteiger partial charge in [-0.05, 0) is 6.92 Å². The first-order chi connectivity index (χ1) is 4.63. The number of carbonyl (C=O) groups is 2. The van der Waals surface area contributed by atoms with Crippen molar-refractivity contribution in [2.45, 2.75) is 13.0 Å². The summed E-state index contributed by atoms with van der Waals surface area (Å²) in [6.45, 7) is 1.65. The molecule has 0 spiro atoms. The number of imide groups is 1. The Kier molecular flexibility index (Phi) is 1.45. The second-order valence-corrected chi connectivity index (χ2v) is 2.09. The number of amides is 2. The van der Waals surface area contributed by atoms with Crippen LogP contribution < -0.4 is 0 Å². The van der Waals surface area contributed by atoms with Gasteiger partial charge in [-0.15, -0.1) is 0 Å². The summed E-state index contributed by atoms with van der Waals surface area (Å²) in [5.74, 6) is -0.458. The fourth-order valence-electron chi connectivity index (χ4n) is 0.857. The first kappa shape index (κ1) is 6.80. The van der Waals surface area contributed by atoms with Crippen molar-refractivity contribution in [3.05, 3.63) is 12.2 Å². The van der Waals surface area contributed by atoms with Crippen LogP contribution in [0, 0.1) is 0 Å². The Bertz CT molecular complexity index is 209. The maximum atomic E-state index is 10.7. The van der Waals surface area contributed by atoms with Crippen molar-refractivity contribution in [2.24, 2.45) is 0 Å². The zero-order valence-corrected chi connectivity index (χ0v) is 5.44. The van der Waals surface area contributed by atoms with Crippen LogP contribution in [0.2, 0.25) is 0 Å². The molecule has 4 heteroatoms. The lowest BCUT2D eigenvalue weighted by Crippen LogP contribution is -2.36. The Morgan fingerprint density at radius 3 is 2.60 bits per heavy atom. The molecule has 0 radical (unpaired) electrons. The van der Waals surface area contributed by atoms with Gasteiger partial charge in [-0.3, -0.25) is 4.79 Å². The molecule has 0 aromatic carbocycles. The summed E-state index contributed by atoms with van der Waals surface area (Å²) in [5, 5.41) is 8.42. The maximum absolute atomic E-state index is 10.7. The van der Waals surface area contributed by atoms with Gasteiger partial charge in [0.1, 0.15) is 0 Å². The van der Waals surface area contributed by atoms with Gasteiger partial charge in [0.25, 0.3) is 5.91 Å². The van der Waals surface area contributed by atoms with Crippen molar-refractivity contribution in [3.63, 3.8) is 0 Å². The Balaban J connectivity index is 2.79. The number of carboxylic acid groups (broad SMARTS) is 1. The monoisotopic (exact) mass is 141 g/mol. The highest BCUT2D eigenvalue weighted by Gasteiger charge is 2.27. The normalized spacial score (nSPS) is 23.9. The van der Waals surface area contributed by atoms with Crippen LogP contribution in [0.4, 0.5) is 4.79 Å². The third-order valence-corrected chi connectivity index (χ3v) is 1.37. The number of hydrogen-bond acceptors (Lipinski definition) is 2. The average molecular weight is 141 g/mol. The van der Waals surface area contributed by atoms with Crippen LogP contribution in [0.5, 0.6) is 0 Å². The minimum absolute atomic E-state index is 0.315. The molecule has 0 aromatic heterocycles. The zero-order chi connectivity index (χ0) is 7.72. The summed E-state index contributed by atoms with van der Waals surface area (Å²) >= 11 is 0. The molecule has 1 rings (SSSR count). The van der Waals surface area contributed by atoms with Gasteiger partial charge >= 0.3 is 6.09 Å². The molecule has 1 aliphatic heterocycles. The zero-order valence-electron chi connectivity index (χ0n) is 5.44. The van der Waals surface area contributed by atoms with E-state index in [0.717, 1.165) is 4.90 Å². The summed E-state index contributed by atoms with van der Waals surface area (Å²) in [5.41, 5.74) is 0. The second kappa shape index (κ2) is 2.13. The van der Waals surface area contributed by atoms with Gasteiger partial charge in [0.15, 0.2) is 0 Å². The van der Waals surface area contributed by atoms with Gasteiger partial charge in [-0.2, -0.15) is 0 Å². The molecule has 0 fully saturated rings. The van der Waals surface area contributed by atoms with Crippen molar-refractivity contribution in [1.29, 1.82) is 0 Å².